The highest BCUT2D eigenvalue weighted by molar-refractivity contribution is 9.10. The molecule has 2 rings (SSSR count). The average Bonchev–Trinajstić information content (AvgIpc) is 2.30. The van der Waals surface area contributed by atoms with E-state index in [-0.39, 0.29) is 0 Å². The van der Waals surface area contributed by atoms with Gasteiger partial charge in [0.05, 0.1) is 0 Å². The molecule has 1 aliphatic carbocycles. The second-order valence-electron chi connectivity index (χ2n) is 5.39. The van der Waals surface area contributed by atoms with Gasteiger partial charge in [-0.15, -0.1) is 0 Å². The molecule has 1 saturated carbocycles. The number of hydrogen-bond donors (Lipinski definition) is 2. The monoisotopic (exact) mass is 312 g/mol. The van der Waals surface area contributed by atoms with Gasteiger partial charge in [0.2, 0.25) is 0 Å². The average molecular weight is 313 g/mol. The fourth-order valence-electron chi connectivity index (χ4n) is 2.90. The van der Waals surface area contributed by atoms with Crippen LogP contribution in [0.2, 0.25) is 0 Å². The number of rotatable bonds is 3. The molecule has 0 aromatic carbocycles. The van der Waals surface area contributed by atoms with Crippen molar-refractivity contribution in [1.82, 2.24) is 9.97 Å². The fourth-order valence-corrected chi connectivity index (χ4v) is 3.42. The quantitative estimate of drug-likeness (QED) is 0.896. The number of halogens is 1. The van der Waals surface area contributed by atoms with Gasteiger partial charge in [0, 0.05) is 13.1 Å². The Balaban J connectivity index is 2.09. The Bertz CT molecular complexity index is 400. The Hall–Kier alpha value is -0.840. The summed E-state index contributed by atoms with van der Waals surface area (Å²) in [6.45, 7) is 4.66. The molecule has 1 fully saturated rings. The van der Waals surface area contributed by atoms with Gasteiger partial charge in [-0.1, -0.05) is 13.8 Å². The van der Waals surface area contributed by atoms with Gasteiger partial charge >= 0.3 is 0 Å². The molecule has 5 heteroatoms. The van der Waals surface area contributed by atoms with E-state index in [0.29, 0.717) is 6.04 Å². The predicted octanol–water partition coefficient (Wildman–Crippen LogP) is 3.52. The van der Waals surface area contributed by atoms with Crippen LogP contribution in [-0.2, 0) is 0 Å². The van der Waals surface area contributed by atoms with Crippen LogP contribution in [0.1, 0.15) is 33.1 Å². The molecule has 2 atom stereocenters. The van der Waals surface area contributed by atoms with Crippen LogP contribution in [0, 0.1) is 11.8 Å². The molecule has 18 heavy (non-hydrogen) atoms. The molecule has 1 aromatic heterocycles. The summed E-state index contributed by atoms with van der Waals surface area (Å²) in [6.07, 6.45) is 5.37. The molecule has 0 bridgehead atoms. The lowest BCUT2D eigenvalue weighted by atomic mass is 9.80. The number of nitrogens with zero attached hydrogens (tertiary/aromatic N) is 2. The van der Waals surface area contributed by atoms with Gasteiger partial charge in [0.15, 0.2) is 0 Å². The van der Waals surface area contributed by atoms with E-state index < -0.39 is 0 Å². The molecular weight excluding hydrogens is 292 g/mol. The lowest BCUT2D eigenvalue weighted by Gasteiger charge is -2.32. The second kappa shape index (κ2) is 5.87. The highest BCUT2D eigenvalue weighted by Crippen LogP contribution is 2.32. The van der Waals surface area contributed by atoms with Crippen molar-refractivity contribution in [2.75, 3.05) is 17.7 Å². The number of nitrogens with one attached hydrogen (secondary N) is 2. The summed E-state index contributed by atoms with van der Waals surface area (Å²) < 4.78 is 0.915. The minimum absolute atomic E-state index is 0.514. The first kappa shape index (κ1) is 13.6. The third-order valence-corrected chi connectivity index (χ3v) is 4.30. The molecule has 0 saturated heterocycles. The molecule has 100 valence electrons. The van der Waals surface area contributed by atoms with E-state index >= 15 is 0 Å². The number of aromatic nitrogens is 2. The molecule has 2 unspecified atom stereocenters. The van der Waals surface area contributed by atoms with E-state index in [4.69, 9.17) is 0 Å². The Morgan fingerprint density at radius 2 is 1.72 bits per heavy atom. The third-order valence-electron chi connectivity index (χ3n) is 3.55. The zero-order valence-electron chi connectivity index (χ0n) is 11.2. The van der Waals surface area contributed by atoms with Crippen molar-refractivity contribution in [3.05, 3.63) is 10.8 Å². The Morgan fingerprint density at radius 3 is 2.33 bits per heavy atom. The largest absolute Gasteiger partial charge is 0.372 e. The van der Waals surface area contributed by atoms with Crippen LogP contribution in [0.5, 0.6) is 0 Å². The van der Waals surface area contributed by atoms with Crippen LogP contribution in [0.4, 0.5) is 11.6 Å². The maximum absolute atomic E-state index is 4.32. The van der Waals surface area contributed by atoms with Gasteiger partial charge in [-0.3, -0.25) is 0 Å². The van der Waals surface area contributed by atoms with E-state index in [2.05, 4.69) is 50.4 Å². The lowest BCUT2D eigenvalue weighted by molar-refractivity contribution is 0.280. The van der Waals surface area contributed by atoms with E-state index in [1.807, 2.05) is 7.05 Å². The summed E-state index contributed by atoms with van der Waals surface area (Å²) in [7, 11) is 1.86. The van der Waals surface area contributed by atoms with E-state index in [9.17, 15) is 0 Å². The summed E-state index contributed by atoms with van der Waals surface area (Å²) in [4.78, 5) is 8.49. The minimum atomic E-state index is 0.514. The van der Waals surface area contributed by atoms with Gasteiger partial charge in [-0.25, -0.2) is 9.97 Å². The van der Waals surface area contributed by atoms with E-state index in [0.717, 1.165) is 27.9 Å². The molecule has 0 aliphatic heterocycles. The van der Waals surface area contributed by atoms with E-state index in [1.54, 1.807) is 6.33 Å². The van der Waals surface area contributed by atoms with Gasteiger partial charge < -0.3 is 10.6 Å². The summed E-state index contributed by atoms with van der Waals surface area (Å²) in [5.74, 6) is 3.29. The Labute approximate surface area is 117 Å². The molecule has 0 radical (unpaired) electrons. The van der Waals surface area contributed by atoms with Crippen LogP contribution in [0.3, 0.4) is 0 Å². The van der Waals surface area contributed by atoms with Crippen molar-refractivity contribution in [1.29, 1.82) is 0 Å². The van der Waals surface area contributed by atoms with Gasteiger partial charge in [-0.05, 0) is 47.0 Å². The second-order valence-corrected chi connectivity index (χ2v) is 6.19. The van der Waals surface area contributed by atoms with Crippen molar-refractivity contribution in [2.45, 2.75) is 39.2 Å². The first-order valence-corrected chi connectivity index (χ1v) is 7.34. The molecule has 0 spiro atoms. The summed E-state index contributed by atoms with van der Waals surface area (Å²) >= 11 is 3.55. The van der Waals surface area contributed by atoms with Crippen LogP contribution in [0.15, 0.2) is 10.8 Å². The molecular formula is C13H21BrN4. The molecule has 4 nitrogen and oxygen atoms in total. The Kier molecular flexibility index (Phi) is 4.43. The SMILES string of the molecule is CNc1ncnc(NC2CC(C)CC(C)C2)c1Br. The van der Waals surface area contributed by atoms with Crippen LogP contribution in [0.25, 0.3) is 0 Å². The molecule has 1 aromatic rings. The van der Waals surface area contributed by atoms with Crippen LogP contribution >= 0.6 is 15.9 Å². The minimum Gasteiger partial charge on any atom is -0.372 e. The highest BCUT2D eigenvalue weighted by atomic mass is 79.9. The third kappa shape index (κ3) is 3.13. The molecule has 1 aliphatic rings. The maximum atomic E-state index is 4.32. The normalized spacial score (nSPS) is 27.9. The molecule has 2 N–H and O–H groups in total. The highest BCUT2D eigenvalue weighted by Gasteiger charge is 2.24. The van der Waals surface area contributed by atoms with Crippen LogP contribution in [-0.4, -0.2) is 23.1 Å². The molecule has 0 amide bonds. The predicted molar refractivity (Wildman–Crippen MR) is 78.9 cm³/mol. The van der Waals surface area contributed by atoms with Gasteiger partial charge in [0.1, 0.15) is 22.4 Å². The first-order chi connectivity index (χ1) is 8.60. The number of anilines is 2. The van der Waals surface area contributed by atoms with Gasteiger partial charge in [-0.2, -0.15) is 0 Å². The maximum Gasteiger partial charge on any atom is 0.146 e. The summed E-state index contributed by atoms with van der Waals surface area (Å²) in [5, 5.41) is 6.60. The fraction of sp³-hybridized carbons (Fsp3) is 0.692. The topological polar surface area (TPSA) is 49.8 Å². The number of hydrogen-bond acceptors (Lipinski definition) is 4. The smallest absolute Gasteiger partial charge is 0.146 e. The first-order valence-electron chi connectivity index (χ1n) is 6.55. The lowest BCUT2D eigenvalue weighted by Crippen LogP contribution is -2.30. The van der Waals surface area contributed by atoms with Crippen molar-refractivity contribution >= 4 is 27.6 Å². The van der Waals surface area contributed by atoms with Crippen molar-refractivity contribution in [3.63, 3.8) is 0 Å². The zero-order valence-corrected chi connectivity index (χ0v) is 12.8. The van der Waals surface area contributed by atoms with Gasteiger partial charge in [0.25, 0.3) is 0 Å². The van der Waals surface area contributed by atoms with Crippen molar-refractivity contribution in [3.8, 4) is 0 Å². The summed E-state index contributed by atoms with van der Waals surface area (Å²) in [5.41, 5.74) is 0. The van der Waals surface area contributed by atoms with Crippen molar-refractivity contribution in [2.24, 2.45) is 11.8 Å². The summed E-state index contributed by atoms with van der Waals surface area (Å²) in [6, 6.07) is 0.514. The zero-order chi connectivity index (χ0) is 13.1. The van der Waals surface area contributed by atoms with Crippen molar-refractivity contribution < 1.29 is 0 Å². The standard InChI is InChI=1S/C13H21BrN4/c1-8-4-9(2)6-10(5-8)18-13-11(14)12(15-3)16-7-17-13/h7-10H,4-6H2,1-3H3,(H2,15,16,17,18). The van der Waals surface area contributed by atoms with E-state index in [1.165, 1.54) is 19.3 Å². The van der Waals surface area contributed by atoms with Crippen LogP contribution < -0.4 is 10.6 Å². The Morgan fingerprint density at radius 1 is 1.11 bits per heavy atom. The molecule has 1 heterocycles.